The van der Waals surface area contributed by atoms with E-state index in [1.165, 1.54) is 52.8 Å². The third-order valence-electron chi connectivity index (χ3n) is 5.69. The van der Waals surface area contributed by atoms with E-state index in [9.17, 15) is 4.79 Å². The Morgan fingerprint density at radius 1 is 0.967 bits per heavy atom. The van der Waals surface area contributed by atoms with Gasteiger partial charge in [0.2, 0.25) is 5.75 Å². The smallest absolute Gasteiger partial charge is 0.251 e. The molecule has 6 heteroatoms. The van der Waals surface area contributed by atoms with Crippen molar-refractivity contribution in [2.24, 2.45) is 5.92 Å². The molecule has 0 aromatic heterocycles. The van der Waals surface area contributed by atoms with E-state index in [0.29, 0.717) is 29.4 Å². The predicted octanol–water partition coefficient (Wildman–Crippen LogP) is 3.87. The predicted molar refractivity (Wildman–Crippen MR) is 117 cm³/mol. The molecular formula is C24H32N2O4. The highest BCUT2D eigenvalue weighted by molar-refractivity contribution is 5.95. The SMILES string of the molecule is COc1cc(C(=O)NCc2ccc(CN3CCC(C)CC3)cc2)cc(OC)c1OC. The zero-order valence-electron chi connectivity index (χ0n) is 18.4. The maximum Gasteiger partial charge on any atom is 0.251 e. The lowest BCUT2D eigenvalue weighted by molar-refractivity contribution is 0.0950. The molecule has 0 saturated carbocycles. The Morgan fingerprint density at radius 3 is 2.07 bits per heavy atom. The van der Waals surface area contributed by atoms with Crippen LogP contribution in [0.4, 0.5) is 0 Å². The molecule has 2 aromatic rings. The summed E-state index contributed by atoms with van der Waals surface area (Å²) in [5.41, 5.74) is 2.83. The zero-order valence-corrected chi connectivity index (χ0v) is 18.4. The van der Waals surface area contributed by atoms with Crippen molar-refractivity contribution in [3.63, 3.8) is 0 Å². The summed E-state index contributed by atoms with van der Waals surface area (Å²) in [6.07, 6.45) is 2.57. The highest BCUT2D eigenvalue weighted by Crippen LogP contribution is 2.38. The molecule has 1 saturated heterocycles. The van der Waals surface area contributed by atoms with Gasteiger partial charge in [-0.05, 0) is 55.1 Å². The van der Waals surface area contributed by atoms with E-state index in [4.69, 9.17) is 14.2 Å². The highest BCUT2D eigenvalue weighted by atomic mass is 16.5. The van der Waals surface area contributed by atoms with Crippen LogP contribution in [0.25, 0.3) is 0 Å². The Bertz CT molecular complexity index is 818. The summed E-state index contributed by atoms with van der Waals surface area (Å²) in [5.74, 6) is 2.03. The van der Waals surface area contributed by atoms with Crippen LogP contribution in [0.3, 0.4) is 0 Å². The van der Waals surface area contributed by atoms with Crippen LogP contribution in [0.1, 0.15) is 41.3 Å². The number of likely N-dealkylation sites (tertiary alicyclic amines) is 1. The minimum absolute atomic E-state index is 0.194. The molecule has 30 heavy (non-hydrogen) atoms. The number of carbonyl (C=O) groups is 1. The summed E-state index contributed by atoms with van der Waals surface area (Å²) < 4.78 is 16.0. The molecule has 2 aromatic carbocycles. The first-order valence-corrected chi connectivity index (χ1v) is 10.4. The quantitative estimate of drug-likeness (QED) is 0.713. The molecular weight excluding hydrogens is 380 g/mol. The standard InChI is InChI=1S/C24H32N2O4/c1-17-9-11-26(12-10-17)16-19-7-5-18(6-8-19)15-25-24(27)20-13-21(28-2)23(30-4)22(14-20)29-3/h5-8,13-14,17H,9-12,15-16H2,1-4H3,(H,25,27). The Morgan fingerprint density at radius 2 is 1.53 bits per heavy atom. The molecule has 1 aliphatic rings. The van der Waals surface area contributed by atoms with Gasteiger partial charge in [-0.3, -0.25) is 9.69 Å². The molecule has 1 fully saturated rings. The van der Waals surface area contributed by atoms with Gasteiger partial charge in [-0.1, -0.05) is 31.2 Å². The van der Waals surface area contributed by atoms with Crippen LogP contribution in [0.15, 0.2) is 36.4 Å². The molecule has 162 valence electrons. The maximum absolute atomic E-state index is 12.6. The Labute approximate surface area is 179 Å². The second kappa shape index (κ2) is 10.3. The maximum atomic E-state index is 12.6. The molecule has 1 aliphatic heterocycles. The van der Waals surface area contributed by atoms with Crippen LogP contribution in [0.2, 0.25) is 0 Å². The van der Waals surface area contributed by atoms with Crippen molar-refractivity contribution in [1.82, 2.24) is 10.2 Å². The van der Waals surface area contributed by atoms with Crippen LogP contribution >= 0.6 is 0 Å². The summed E-state index contributed by atoms with van der Waals surface area (Å²) in [6.45, 7) is 6.13. The van der Waals surface area contributed by atoms with Crippen LogP contribution < -0.4 is 19.5 Å². The van der Waals surface area contributed by atoms with Crippen LogP contribution in [0, 0.1) is 5.92 Å². The zero-order chi connectivity index (χ0) is 21.5. The van der Waals surface area contributed by atoms with Crippen molar-refractivity contribution in [2.75, 3.05) is 34.4 Å². The van der Waals surface area contributed by atoms with Crippen LogP contribution in [-0.4, -0.2) is 45.2 Å². The van der Waals surface area contributed by atoms with Gasteiger partial charge in [-0.15, -0.1) is 0 Å². The van der Waals surface area contributed by atoms with Gasteiger partial charge in [0.05, 0.1) is 21.3 Å². The molecule has 1 amide bonds. The van der Waals surface area contributed by atoms with Gasteiger partial charge >= 0.3 is 0 Å². The first kappa shape index (κ1) is 22.0. The summed E-state index contributed by atoms with van der Waals surface area (Å²) >= 11 is 0. The van der Waals surface area contributed by atoms with Gasteiger partial charge < -0.3 is 19.5 Å². The Kier molecular flexibility index (Phi) is 7.57. The number of rotatable bonds is 8. The van der Waals surface area contributed by atoms with Crippen molar-refractivity contribution < 1.29 is 19.0 Å². The fourth-order valence-electron chi connectivity index (χ4n) is 3.74. The lowest BCUT2D eigenvalue weighted by Crippen LogP contribution is -2.32. The van der Waals surface area contributed by atoms with Gasteiger partial charge in [-0.25, -0.2) is 0 Å². The van der Waals surface area contributed by atoms with E-state index >= 15 is 0 Å². The summed E-state index contributed by atoms with van der Waals surface area (Å²) in [6, 6.07) is 11.8. The lowest BCUT2D eigenvalue weighted by atomic mass is 9.99. The Hall–Kier alpha value is -2.73. The minimum atomic E-state index is -0.194. The van der Waals surface area contributed by atoms with Crippen molar-refractivity contribution in [3.05, 3.63) is 53.1 Å². The van der Waals surface area contributed by atoms with Gasteiger partial charge in [0.25, 0.3) is 5.91 Å². The molecule has 0 bridgehead atoms. The van der Waals surface area contributed by atoms with Gasteiger partial charge in [0.15, 0.2) is 11.5 Å². The first-order chi connectivity index (χ1) is 14.5. The average Bonchev–Trinajstić information content (AvgIpc) is 2.78. The van der Waals surface area contributed by atoms with Crippen molar-refractivity contribution in [2.45, 2.75) is 32.9 Å². The molecule has 1 N–H and O–H groups in total. The van der Waals surface area contributed by atoms with Crippen LogP contribution in [0.5, 0.6) is 17.2 Å². The summed E-state index contributed by atoms with van der Waals surface area (Å²) in [4.78, 5) is 15.2. The van der Waals surface area contributed by atoms with E-state index in [2.05, 4.69) is 41.4 Å². The molecule has 0 atom stereocenters. The number of hydrogen-bond acceptors (Lipinski definition) is 5. The number of carbonyl (C=O) groups excluding carboxylic acids is 1. The molecule has 3 rings (SSSR count). The van der Waals surface area contributed by atoms with E-state index in [-0.39, 0.29) is 5.91 Å². The number of ether oxygens (including phenoxy) is 3. The molecule has 0 radical (unpaired) electrons. The van der Waals surface area contributed by atoms with Gasteiger partial charge in [0, 0.05) is 18.7 Å². The third kappa shape index (κ3) is 5.45. The summed E-state index contributed by atoms with van der Waals surface area (Å²) in [5, 5.41) is 2.96. The molecule has 0 aliphatic carbocycles. The third-order valence-corrected chi connectivity index (χ3v) is 5.69. The highest BCUT2D eigenvalue weighted by Gasteiger charge is 2.17. The van der Waals surface area contributed by atoms with Crippen molar-refractivity contribution >= 4 is 5.91 Å². The van der Waals surface area contributed by atoms with Gasteiger partial charge in [-0.2, -0.15) is 0 Å². The van der Waals surface area contributed by atoms with Crippen LogP contribution in [-0.2, 0) is 13.1 Å². The Balaban J connectivity index is 1.58. The second-order valence-corrected chi connectivity index (χ2v) is 7.87. The number of nitrogens with zero attached hydrogens (tertiary/aromatic N) is 1. The fraction of sp³-hybridized carbons (Fsp3) is 0.458. The second-order valence-electron chi connectivity index (χ2n) is 7.87. The van der Waals surface area contributed by atoms with Crippen molar-refractivity contribution in [3.8, 4) is 17.2 Å². The molecule has 6 nitrogen and oxygen atoms in total. The topological polar surface area (TPSA) is 60.0 Å². The number of methoxy groups -OCH3 is 3. The lowest BCUT2D eigenvalue weighted by Gasteiger charge is -2.30. The molecule has 0 unspecified atom stereocenters. The van der Waals surface area contributed by atoms with Gasteiger partial charge in [0.1, 0.15) is 0 Å². The number of piperidine rings is 1. The average molecular weight is 413 g/mol. The normalized spacial score (nSPS) is 14.9. The summed E-state index contributed by atoms with van der Waals surface area (Å²) in [7, 11) is 4.60. The number of amides is 1. The number of benzene rings is 2. The van der Waals surface area contributed by atoms with E-state index in [1.54, 1.807) is 12.1 Å². The van der Waals surface area contributed by atoms with E-state index in [0.717, 1.165) is 18.0 Å². The number of nitrogens with one attached hydrogen (secondary N) is 1. The number of hydrogen-bond donors (Lipinski definition) is 1. The monoisotopic (exact) mass is 412 g/mol. The van der Waals surface area contributed by atoms with E-state index in [1.807, 2.05) is 0 Å². The largest absolute Gasteiger partial charge is 0.493 e. The first-order valence-electron chi connectivity index (χ1n) is 10.4. The molecule has 0 spiro atoms. The van der Waals surface area contributed by atoms with Crippen molar-refractivity contribution in [1.29, 1.82) is 0 Å². The van der Waals surface area contributed by atoms with E-state index < -0.39 is 0 Å². The minimum Gasteiger partial charge on any atom is -0.493 e. The fourth-order valence-corrected chi connectivity index (χ4v) is 3.74. The molecule has 1 heterocycles.